The molecule has 1 aromatic heterocycles. The van der Waals surface area contributed by atoms with E-state index in [1.54, 1.807) is 0 Å². The Labute approximate surface area is 102 Å². The van der Waals surface area contributed by atoms with E-state index in [1.807, 2.05) is 6.92 Å². The predicted octanol–water partition coefficient (Wildman–Crippen LogP) is 0.512. The van der Waals surface area contributed by atoms with E-state index in [9.17, 15) is 8.42 Å². The summed E-state index contributed by atoms with van der Waals surface area (Å²) in [5.41, 5.74) is 7.58. The minimum atomic E-state index is -2.80. The highest BCUT2D eigenvalue weighted by molar-refractivity contribution is 7.91. The zero-order valence-electron chi connectivity index (χ0n) is 10.1. The van der Waals surface area contributed by atoms with Crippen LogP contribution >= 0.6 is 0 Å². The van der Waals surface area contributed by atoms with Crippen LogP contribution in [-0.2, 0) is 16.3 Å². The van der Waals surface area contributed by atoms with Gasteiger partial charge in [-0.2, -0.15) is 0 Å². The summed E-state index contributed by atoms with van der Waals surface area (Å²) in [7, 11) is -2.80. The Kier molecular flexibility index (Phi) is 3.53. The molecule has 96 valence electrons. The first-order chi connectivity index (χ1) is 8.02. The second-order valence-corrected chi connectivity index (χ2v) is 6.96. The van der Waals surface area contributed by atoms with Crippen molar-refractivity contribution in [3.8, 4) is 0 Å². The molecule has 0 radical (unpaired) electrons. The summed E-state index contributed by atoms with van der Waals surface area (Å²) in [5, 5.41) is 0. The maximum Gasteiger partial charge on any atom is 0.150 e. The Morgan fingerprint density at radius 3 is 2.65 bits per heavy atom. The van der Waals surface area contributed by atoms with Crippen molar-refractivity contribution < 1.29 is 8.42 Å². The van der Waals surface area contributed by atoms with Gasteiger partial charge in [0.1, 0.15) is 15.7 Å². The zero-order chi connectivity index (χ0) is 12.5. The molecule has 1 saturated heterocycles. The summed E-state index contributed by atoms with van der Waals surface area (Å²) in [6.07, 6.45) is 2.13. The quantitative estimate of drug-likeness (QED) is 0.825. The molecule has 1 fully saturated rings. The first-order valence-electron chi connectivity index (χ1n) is 5.97. The number of hydrogen-bond donors (Lipinski definition) is 2. The third-order valence-electron chi connectivity index (χ3n) is 3.33. The van der Waals surface area contributed by atoms with Crippen LogP contribution in [0, 0.1) is 6.92 Å². The molecule has 6 heteroatoms. The monoisotopic (exact) mass is 257 g/mol. The maximum atomic E-state index is 11.4. The largest absolute Gasteiger partial charge is 0.346 e. The highest BCUT2D eigenvalue weighted by Gasteiger charge is 2.26. The number of nitrogens with one attached hydrogen (secondary N) is 1. The van der Waals surface area contributed by atoms with Gasteiger partial charge in [0.25, 0.3) is 0 Å². The summed E-state index contributed by atoms with van der Waals surface area (Å²) in [6.45, 7) is 2.57. The van der Waals surface area contributed by atoms with Crippen LogP contribution in [0.5, 0.6) is 0 Å². The summed E-state index contributed by atoms with van der Waals surface area (Å²) in [6, 6.07) is 0. The van der Waals surface area contributed by atoms with Crippen LogP contribution in [-0.4, -0.2) is 36.4 Å². The zero-order valence-corrected chi connectivity index (χ0v) is 10.9. The van der Waals surface area contributed by atoms with E-state index in [0.717, 1.165) is 23.6 Å². The van der Waals surface area contributed by atoms with E-state index >= 15 is 0 Å². The van der Waals surface area contributed by atoms with Crippen LogP contribution in [0.1, 0.15) is 36.0 Å². The number of H-pyrrole nitrogens is 1. The summed E-state index contributed by atoms with van der Waals surface area (Å²) < 4.78 is 22.7. The molecule has 17 heavy (non-hydrogen) atoms. The molecular weight excluding hydrogens is 238 g/mol. The van der Waals surface area contributed by atoms with Gasteiger partial charge in [-0.15, -0.1) is 0 Å². The number of hydrogen-bond acceptors (Lipinski definition) is 4. The molecule has 0 unspecified atom stereocenters. The minimum absolute atomic E-state index is 0.253. The highest BCUT2D eigenvalue weighted by atomic mass is 32.2. The molecular formula is C11H19N3O2S. The average molecular weight is 257 g/mol. The van der Waals surface area contributed by atoms with E-state index in [1.165, 1.54) is 0 Å². The lowest BCUT2D eigenvalue weighted by atomic mass is 10.0. The fraction of sp³-hybridized carbons (Fsp3) is 0.727. The van der Waals surface area contributed by atoms with Gasteiger partial charge < -0.3 is 10.7 Å². The standard InChI is InChI=1S/C11H19N3O2S/c1-8-10(2-5-12)14-11(13-8)9-3-6-17(15,16)7-4-9/h9H,2-7,12H2,1H3,(H,13,14). The molecule has 2 heterocycles. The summed E-state index contributed by atoms with van der Waals surface area (Å²) in [4.78, 5) is 7.81. The Hall–Kier alpha value is -0.880. The number of imidazole rings is 1. The first-order valence-corrected chi connectivity index (χ1v) is 7.80. The fourth-order valence-electron chi connectivity index (χ4n) is 2.26. The summed E-state index contributed by atoms with van der Waals surface area (Å²) in [5.74, 6) is 1.75. The van der Waals surface area contributed by atoms with E-state index in [2.05, 4.69) is 9.97 Å². The van der Waals surface area contributed by atoms with Crippen LogP contribution in [0.4, 0.5) is 0 Å². The SMILES string of the molecule is Cc1[nH]c(C2CCS(=O)(=O)CC2)nc1CCN. The lowest BCUT2D eigenvalue weighted by Crippen LogP contribution is -2.22. The molecule has 3 N–H and O–H groups in total. The molecule has 1 aliphatic rings. The maximum absolute atomic E-state index is 11.4. The molecule has 5 nitrogen and oxygen atoms in total. The van der Waals surface area contributed by atoms with Gasteiger partial charge in [0.05, 0.1) is 17.2 Å². The average Bonchev–Trinajstić information content (AvgIpc) is 2.61. The second kappa shape index (κ2) is 4.78. The Balaban J connectivity index is 2.11. The molecule has 0 bridgehead atoms. The molecule has 0 aliphatic carbocycles. The number of aromatic amines is 1. The van der Waals surface area contributed by atoms with Gasteiger partial charge in [-0.1, -0.05) is 0 Å². The number of rotatable bonds is 3. The predicted molar refractivity (Wildman–Crippen MR) is 66.7 cm³/mol. The number of nitrogens with two attached hydrogens (primary N) is 1. The van der Waals surface area contributed by atoms with Crippen molar-refractivity contribution in [2.75, 3.05) is 18.1 Å². The van der Waals surface area contributed by atoms with Gasteiger partial charge in [-0.05, 0) is 26.3 Å². The smallest absolute Gasteiger partial charge is 0.150 e. The van der Waals surface area contributed by atoms with Crippen molar-refractivity contribution in [3.05, 3.63) is 17.2 Å². The molecule has 1 aromatic rings. The number of nitrogens with zero attached hydrogens (tertiary/aromatic N) is 1. The van der Waals surface area contributed by atoms with E-state index < -0.39 is 9.84 Å². The van der Waals surface area contributed by atoms with Crippen LogP contribution in [0.2, 0.25) is 0 Å². The van der Waals surface area contributed by atoms with Gasteiger partial charge in [0.2, 0.25) is 0 Å². The van der Waals surface area contributed by atoms with E-state index in [4.69, 9.17) is 5.73 Å². The van der Waals surface area contributed by atoms with Gasteiger partial charge in [-0.25, -0.2) is 13.4 Å². The van der Waals surface area contributed by atoms with Gasteiger partial charge in [-0.3, -0.25) is 0 Å². The first kappa shape index (κ1) is 12.6. The lowest BCUT2D eigenvalue weighted by Gasteiger charge is -2.19. The number of aryl methyl sites for hydroxylation is 1. The van der Waals surface area contributed by atoms with E-state index in [-0.39, 0.29) is 17.4 Å². The summed E-state index contributed by atoms with van der Waals surface area (Å²) >= 11 is 0. The van der Waals surface area contributed by atoms with Crippen LogP contribution in [0.25, 0.3) is 0 Å². The second-order valence-electron chi connectivity index (χ2n) is 4.66. The van der Waals surface area contributed by atoms with Crippen LogP contribution in [0.15, 0.2) is 0 Å². The Morgan fingerprint density at radius 2 is 2.06 bits per heavy atom. The molecule has 0 amide bonds. The number of aromatic nitrogens is 2. The van der Waals surface area contributed by atoms with Crippen molar-refractivity contribution in [3.63, 3.8) is 0 Å². The Morgan fingerprint density at radius 1 is 1.41 bits per heavy atom. The number of sulfone groups is 1. The van der Waals surface area contributed by atoms with Crippen molar-refractivity contribution in [2.24, 2.45) is 5.73 Å². The molecule has 1 aliphatic heterocycles. The molecule has 2 rings (SSSR count). The van der Waals surface area contributed by atoms with Crippen molar-refractivity contribution >= 4 is 9.84 Å². The van der Waals surface area contributed by atoms with Crippen molar-refractivity contribution in [1.82, 2.24) is 9.97 Å². The lowest BCUT2D eigenvalue weighted by molar-refractivity contribution is 0.539. The fourth-order valence-corrected chi connectivity index (χ4v) is 3.75. The Bertz CT molecular complexity index is 479. The van der Waals surface area contributed by atoms with Crippen LogP contribution < -0.4 is 5.73 Å². The topological polar surface area (TPSA) is 88.8 Å². The van der Waals surface area contributed by atoms with Gasteiger partial charge in [0, 0.05) is 18.0 Å². The molecule has 0 spiro atoms. The van der Waals surface area contributed by atoms with Crippen LogP contribution in [0.3, 0.4) is 0 Å². The van der Waals surface area contributed by atoms with Gasteiger partial charge >= 0.3 is 0 Å². The van der Waals surface area contributed by atoms with Crippen molar-refractivity contribution in [2.45, 2.75) is 32.1 Å². The third kappa shape index (κ3) is 2.87. The normalized spacial score (nSPS) is 20.6. The van der Waals surface area contributed by atoms with Gasteiger partial charge in [0.15, 0.2) is 0 Å². The molecule has 0 atom stereocenters. The highest BCUT2D eigenvalue weighted by Crippen LogP contribution is 2.27. The third-order valence-corrected chi connectivity index (χ3v) is 5.04. The van der Waals surface area contributed by atoms with E-state index in [0.29, 0.717) is 19.4 Å². The minimum Gasteiger partial charge on any atom is -0.346 e. The molecule has 0 aromatic carbocycles. The molecule has 0 saturated carbocycles. The van der Waals surface area contributed by atoms with Crippen molar-refractivity contribution in [1.29, 1.82) is 0 Å².